The first-order valence-electron chi connectivity index (χ1n) is 8.29. The fourth-order valence-electron chi connectivity index (χ4n) is 2.43. The molecule has 0 radical (unpaired) electrons. The Morgan fingerprint density at radius 2 is 1.79 bits per heavy atom. The highest BCUT2D eigenvalue weighted by molar-refractivity contribution is 6.30. The minimum atomic E-state index is -4.79. The van der Waals surface area contributed by atoms with Gasteiger partial charge in [-0.15, -0.1) is 13.2 Å². The highest BCUT2D eigenvalue weighted by Gasteiger charge is 2.31. The number of nitrogens with zero attached hydrogens (tertiary/aromatic N) is 1. The van der Waals surface area contributed by atoms with Crippen molar-refractivity contribution < 1.29 is 32.2 Å². The number of carbonyl (C=O) groups is 2. The van der Waals surface area contributed by atoms with Crippen molar-refractivity contribution in [3.05, 3.63) is 53.1 Å². The normalized spacial score (nSPS) is 11.0. The van der Waals surface area contributed by atoms with Gasteiger partial charge in [-0.1, -0.05) is 11.6 Å². The third-order valence-electron chi connectivity index (χ3n) is 3.76. The van der Waals surface area contributed by atoms with E-state index in [1.165, 1.54) is 31.2 Å². The molecule has 156 valence electrons. The number of hydrogen-bond donors (Lipinski definition) is 1. The lowest BCUT2D eigenvalue weighted by Gasteiger charge is -2.18. The molecule has 0 saturated heterocycles. The number of anilines is 1. The molecule has 0 saturated carbocycles. The molecule has 2 amide bonds. The summed E-state index contributed by atoms with van der Waals surface area (Å²) in [7, 11) is 2.93. The van der Waals surface area contributed by atoms with Crippen LogP contribution in [0.2, 0.25) is 5.02 Å². The lowest BCUT2D eigenvalue weighted by Crippen LogP contribution is -2.35. The molecule has 2 aromatic carbocycles. The Morgan fingerprint density at radius 1 is 1.14 bits per heavy atom. The third-order valence-corrected chi connectivity index (χ3v) is 4.00. The average Bonchev–Trinajstić information content (AvgIpc) is 2.62. The zero-order chi connectivity index (χ0) is 21.6. The maximum Gasteiger partial charge on any atom is 0.573 e. The summed E-state index contributed by atoms with van der Waals surface area (Å²) in [4.78, 5) is 25.7. The van der Waals surface area contributed by atoms with Crippen LogP contribution in [0.3, 0.4) is 0 Å². The Morgan fingerprint density at radius 3 is 2.38 bits per heavy atom. The number of likely N-dealkylation sites (N-methyl/N-ethyl adjacent to an activating group) is 1. The number of hydrogen-bond acceptors (Lipinski definition) is 4. The molecule has 0 aliphatic heterocycles. The molecule has 6 nitrogen and oxygen atoms in total. The van der Waals surface area contributed by atoms with Gasteiger partial charge in [-0.3, -0.25) is 9.59 Å². The molecule has 0 fully saturated rings. The van der Waals surface area contributed by atoms with Crippen molar-refractivity contribution in [3.8, 4) is 11.5 Å². The summed E-state index contributed by atoms with van der Waals surface area (Å²) >= 11 is 5.94. The molecular weight excluding hydrogens is 413 g/mol. The first kappa shape index (κ1) is 22.4. The number of halogens is 4. The molecule has 2 aromatic rings. The van der Waals surface area contributed by atoms with Gasteiger partial charge in [-0.05, 0) is 42.5 Å². The van der Waals surface area contributed by atoms with E-state index in [-0.39, 0.29) is 24.6 Å². The Kier molecular flexibility index (Phi) is 7.33. The topological polar surface area (TPSA) is 67.9 Å². The predicted molar refractivity (Wildman–Crippen MR) is 101 cm³/mol. The smallest absolute Gasteiger partial charge is 0.496 e. The Hall–Kier alpha value is -2.94. The first-order valence-corrected chi connectivity index (χ1v) is 8.67. The number of amides is 2. The molecule has 10 heteroatoms. The Balaban J connectivity index is 1.91. The van der Waals surface area contributed by atoms with E-state index < -0.39 is 18.0 Å². The summed E-state index contributed by atoms with van der Waals surface area (Å²) in [5.74, 6) is -0.752. The maximum absolute atomic E-state index is 12.4. The second-order valence-electron chi connectivity index (χ2n) is 6.00. The molecule has 0 spiro atoms. The molecule has 2 rings (SSSR count). The zero-order valence-corrected chi connectivity index (χ0v) is 16.3. The lowest BCUT2D eigenvalue weighted by atomic mass is 10.1. The van der Waals surface area contributed by atoms with Gasteiger partial charge in [0, 0.05) is 23.3 Å². The van der Waals surface area contributed by atoms with Gasteiger partial charge in [0.05, 0.1) is 20.1 Å². The minimum absolute atomic E-state index is 0.0169. The van der Waals surface area contributed by atoms with Crippen LogP contribution in [0, 0.1) is 0 Å². The molecule has 0 aromatic heterocycles. The van der Waals surface area contributed by atoms with Gasteiger partial charge < -0.3 is 19.7 Å². The number of alkyl halides is 3. The Labute approximate surface area is 170 Å². The van der Waals surface area contributed by atoms with Crippen molar-refractivity contribution >= 4 is 29.1 Å². The molecule has 0 aliphatic carbocycles. The van der Waals surface area contributed by atoms with E-state index in [0.717, 1.165) is 12.1 Å². The molecule has 0 aliphatic rings. The van der Waals surface area contributed by atoms with Crippen LogP contribution in [0.25, 0.3) is 0 Å². The van der Waals surface area contributed by atoms with E-state index in [2.05, 4.69) is 10.1 Å². The van der Waals surface area contributed by atoms with Gasteiger partial charge >= 0.3 is 6.36 Å². The van der Waals surface area contributed by atoms with Crippen LogP contribution in [0.1, 0.15) is 5.56 Å². The number of methoxy groups -OCH3 is 1. The monoisotopic (exact) mass is 430 g/mol. The SMILES string of the molecule is COc1ccc(Cl)cc1CC(=O)N(C)CC(=O)Nc1ccc(OC(F)(F)F)cc1. The molecule has 0 atom stereocenters. The number of rotatable bonds is 7. The fourth-order valence-corrected chi connectivity index (χ4v) is 2.62. The lowest BCUT2D eigenvalue weighted by molar-refractivity contribution is -0.274. The number of benzene rings is 2. The number of nitrogens with one attached hydrogen (secondary N) is 1. The summed E-state index contributed by atoms with van der Waals surface area (Å²) < 4.78 is 45.4. The summed E-state index contributed by atoms with van der Waals surface area (Å²) in [6.45, 7) is -0.248. The van der Waals surface area contributed by atoms with Crippen LogP contribution in [-0.4, -0.2) is 43.8 Å². The van der Waals surface area contributed by atoms with Crippen LogP contribution in [-0.2, 0) is 16.0 Å². The minimum Gasteiger partial charge on any atom is -0.496 e. The molecule has 0 unspecified atom stereocenters. The van der Waals surface area contributed by atoms with Gasteiger partial charge in [0.25, 0.3) is 0 Å². The van der Waals surface area contributed by atoms with Crippen molar-refractivity contribution in [2.75, 3.05) is 26.0 Å². The predicted octanol–water partition coefficient (Wildman–Crippen LogP) is 3.89. The number of ether oxygens (including phenoxy) is 2. The van der Waals surface area contributed by atoms with Crippen LogP contribution in [0.15, 0.2) is 42.5 Å². The van der Waals surface area contributed by atoms with Crippen molar-refractivity contribution in [2.45, 2.75) is 12.8 Å². The van der Waals surface area contributed by atoms with E-state index in [0.29, 0.717) is 16.3 Å². The molecule has 0 heterocycles. The molecular formula is C19H18ClF3N2O4. The van der Waals surface area contributed by atoms with Gasteiger partial charge in [0.2, 0.25) is 11.8 Å². The van der Waals surface area contributed by atoms with Gasteiger partial charge in [0.1, 0.15) is 11.5 Å². The van der Waals surface area contributed by atoms with Crippen molar-refractivity contribution in [1.29, 1.82) is 0 Å². The summed E-state index contributed by atoms with van der Waals surface area (Å²) in [5.41, 5.74) is 0.847. The van der Waals surface area contributed by atoms with Crippen molar-refractivity contribution in [1.82, 2.24) is 4.90 Å². The number of carbonyl (C=O) groups excluding carboxylic acids is 2. The average molecular weight is 431 g/mol. The van der Waals surface area contributed by atoms with Gasteiger partial charge in [-0.2, -0.15) is 0 Å². The highest BCUT2D eigenvalue weighted by atomic mass is 35.5. The van der Waals surface area contributed by atoms with E-state index in [9.17, 15) is 22.8 Å². The van der Waals surface area contributed by atoms with Crippen LogP contribution in [0.4, 0.5) is 18.9 Å². The summed E-state index contributed by atoms with van der Waals surface area (Å²) in [5, 5.41) is 2.95. The molecule has 0 bridgehead atoms. The maximum atomic E-state index is 12.4. The summed E-state index contributed by atoms with van der Waals surface area (Å²) in [6.07, 6.45) is -4.81. The fraction of sp³-hybridized carbons (Fsp3) is 0.263. The molecule has 1 N–H and O–H groups in total. The van der Waals surface area contributed by atoms with E-state index >= 15 is 0 Å². The Bertz CT molecular complexity index is 873. The second-order valence-corrected chi connectivity index (χ2v) is 6.44. The van der Waals surface area contributed by atoms with Crippen LogP contribution in [0.5, 0.6) is 11.5 Å². The first-order chi connectivity index (χ1) is 13.6. The third kappa shape index (κ3) is 7.19. The standard InChI is InChI=1S/C19H18ClF3N2O4/c1-25(18(27)10-12-9-13(20)3-8-16(12)28-2)11-17(26)24-14-4-6-15(7-5-14)29-19(21,22)23/h3-9H,10-11H2,1-2H3,(H,24,26). The zero-order valence-electron chi connectivity index (χ0n) is 15.5. The van der Waals surface area contributed by atoms with Crippen LogP contribution < -0.4 is 14.8 Å². The van der Waals surface area contributed by atoms with E-state index in [1.807, 2.05) is 0 Å². The van der Waals surface area contributed by atoms with Crippen molar-refractivity contribution in [2.24, 2.45) is 0 Å². The summed E-state index contributed by atoms with van der Waals surface area (Å²) in [6, 6.07) is 9.55. The van der Waals surface area contributed by atoms with Crippen molar-refractivity contribution in [3.63, 3.8) is 0 Å². The quantitative estimate of drug-likeness (QED) is 0.723. The van der Waals surface area contributed by atoms with Gasteiger partial charge in [0.15, 0.2) is 0 Å². The highest BCUT2D eigenvalue weighted by Crippen LogP contribution is 2.25. The largest absolute Gasteiger partial charge is 0.573 e. The van der Waals surface area contributed by atoms with Gasteiger partial charge in [-0.25, -0.2) is 0 Å². The van der Waals surface area contributed by atoms with E-state index in [4.69, 9.17) is 16.3 Å². The second kappa shape index (κ2) is 9.51. The van der Waals surface area contributed by atoms with E-state index in [1.54, 1.807) is 18.2 Å². The van der Waals surface area contributed by atoms with Crippen LogP contribution >= 0.6 is 11.6 Å². The molecule has 29 heavy (non-hydrogen) atoms.